The van der Waals surface area contributed by atoms with Gasteiger partial charge in [0.15, 0.2) is 5.69 Å². The van der Waals surface area contributed by atoms with Crippen LogP contribution in [0.1, 0.15) is 54.5 Å². The number of aryl methyl sites for hydroxylation is 4. The van der Waals surface area contributed by atoms with Crippen molar-refractivity contribution in [1.29, 1.82) is 0 Å². The zero-order chi connectivity index (χ0) is 22.1. The molecule has 3 unspecified atom stereocenters. The molecule has 3 aromatic rings. The third-order valence-corrected chi connectivity index (χ3v) is 7.63. The molecule has 1 aromatic heterocycles. The standard InChI is InChI=1S/C29H33N2/c1-8-29(25-14-20(25)5)22(7)28-21(6)10-19(4)13-24(28)27-15-26(30-16-31(27)29)23-11-17(2)9-18(3)12-23/h9-13,15-16,20,25H,7-8,14H2,1-6H3/q+1. The van der Waals surface area contributed by atoms with Crippen LogP contribution in [0.25, 0.3) is 28.1 Å². The van der Waals surface area contributed by atoms with Crippen molar-refractivity contribution < 1.29 is 4.57 Å². The molecule has 2 heterocycles. The monoisotopic (exact) mass is 409 g/mol. The number of allylic oxidation sites excluding steroid dienone is 1. The summed E-state index contributed by atoms with van der Waals surface area (Å²) in [5.74, 6) is 1.35. The summed E-state index contributed by atoms with van der Waals surface area (Å²) in [5, 5.41) is 0. The lowest BCUT2D eigenvalue weighted by Gasteiger charge is -2.40. The predicted molar refractivity (Wildman–Crippen MR) is 129 cm³/mol. The number of hydrogen-bond acceptors (Lipinski definition) is 1. The molecule has 31 heavy (non-hydrogen) atoms. The van der Waals surface area contributed by atoms with Gasteiger partial charge >= 0.3 is 0 Å². The van der Waals surface area contributed by atoms with Crippen molar-refractivity contribution in [2.24, 2.45) is 11.8 Å². The fraction of sp³-hybridized carbons (Fsp3) is 0.379. The molecule has 1 aliphatic carbocycles. The smallest absolute Gasteiger partial charge is 0.220 e. The molecule has 2 aromatic carbocycles. The van der Waals surface area contributed by atoms with Gasteiger partial charge in [-0.1, -0.05) is 49.2 Å². The molecule has 0 bridgehead atoms. The maximum Gasteiger partial charge on any atom is 0.288 e. The van der Waals surface area contributed by atoms with E-state index in [1.807, 2.05) is 0 Å². The largest absolute Gasteiger partial charge is 0.288 e. The van der Waals surface area contributed by atoms with Crippen molar-refractivity contribution in [3.8, 4) is 22.5 Å². The maximum atomic E-state index is 5.00. The molecule has 0 spiro atoms. The van der Waals surface area contributed by atoms with Gasteiger partial charge in [0.1, 0.15) is 11.2 Å². The van der Waals surface area contributed by atoms with Crippen LogP contribution in [0.2, 0.25) is 0 Å². The molecule has 2 heteroatoms. The number of fused-ring (bicyclic) bond motifs is 3. The molecular formula is C29H33N2+. The van der Waals surface area contributed by atoms with Gasteiger partial charge in [-0.2, -0.15) is 0 Å². The minimum atomic E-state index is -0.0875. The Labute approximate surface area is 186 Å². The first kappa shape index (κ1) is 20.2. The van der Waals surface area contributed by atoms with Crippen LogP contribution < -0.4 is 4.57 Å². The Kier molecular flexibility index (Phi) is 4.48. The van der Waals surface area contributed by atoms with Gasteiger partial charge in [0.05, 0.1) is 0 Å². The second-order valence-electron chi connectivity index (χ2n) is 9.99. The summed E-state index contributed by atoms with van der Waals surface area (Å²) < 4.78 is 2.47. The highest BCUT2D eigenvalue weighted by Crippen LogP contribution is 2.57. The van der Waals surface area contributed by atoms with Gasteiger partial charge < -0.3 is 0 Å². The van der Waals surface area contributed by atoms with E-state index in [0.717, 1.165) is 18.0 Å². The molecule has 158 valence electrons. The van der Waals surface area contributed by atoms with Crippen LogP contribution in [0.15, 0.2) is 49.3 Å². The minimum Gasteiger partial charge on any atom is -0.220 e. The number of benzene rings is 2. The van der Waals surface area contributed by atoms with Crippen LogP contribution in [0.4, 0.5) is 0 Å². The van der Waals surface area contributed by atoms with Crippen molar-refractivity contribution in [1.82, 2.24) is 4.98 Å². The zero-order valence-electron chi connectivity index (χ0n) is 19.7. The van der Waals surface area contributed by atoms with Crippen molar-refractivity contribution >= 4 is 5.57 Å². The van der Waals surface area contributed by atoms with E-state index in [-0.39, 0.29) is 5.54 Å². The maximum absolute atomic E-state index is 5.00. The Bertz CT molecular complexity index is 1220. The first-order valence-corrected chi connectivity index (χ1v) is 11.6. The Morgan fingerprint density at radius 3 is 2.26 bits per heavy atom. The molecule has 0 saturated heterocycles. The average Bonchev–Trinajstić information content (AvgIpc) is 3.44. The number of nitrogens with zero attached hydrogens (tertiary/aromatic N) is 2. The van der Waals surface area contributed by atoms with Crippen LogP contribution in [-0.4, -0.2) is 4.98 Å². The molecule has 5 rings (SSSR count). The molecule has 1 saturated carbocycles. The summed E-state index contributed by atoms with van der Waals surface area (Å²) in [6.07, 6.45) is 4.40. The van der Waals surface area contributed by atoms with E-state index in [4.69, 9.17) is 11.6 Å². The van der Waals surface area contributed by atoms with Crippen molar-refractivity contribution in [3.05, 3.63) is 77.1 Å². The first-order valence-electron chi connectivity index (χ1n) is 11.6. The summed E-state index contributed by atoms with van der Waals surface area (Å²) in [6.45, 7) is 18.2. The van der Waals surface area contributed by atoms with Gasteiger partial charge in [0, 0.05) is 28.7 Å². The lowest BCUT2D eigenvalue weighted by Crippen LogP contribution is -2.61. The molecule has 2 nitrogen and oxygen atoms in total. The number of hydrogen-bond donors (Lipinski definition) is 0. The van der Waals surface area contributed by atoms with Crippen molar-refractivity contribution in [2.45, 2.75) is 59.9 Å². The van der Waals surface area contributed by atoms with Crippen molar-refractivity contribution in [2.75, 3.05) is 0 Å². The van der Waals surface area contributed by atoms with Crippen LogP contribution in [0, 0.1) is 39.5 Å². The third-order valence-electron chi connectivity index (χ3n) is 7.63. The average molecular weight is 410 g/mol. The SMILES string of the molecule is C=C1c2c(C)cc(C)cc2-c2cc(-c3cc(C)cc(C)c3)nc[n+]2C1(CC)C1CC1C. The minimum absolute atomic E-state index is 0.0875. The van der Waals surface area contributed by atoms with Gasteiger partial charge in [-0.3, -0.25) is 0 Å². The molecule has 0 amide bonds. The molecule has 1 aliphatic heterocycles. The second-order valence-corrected chi connectivity index (χ2v) is 9.99. The zero-order valence-corrected chi connectivity index (χ0v) is 19.7. The summed E-state index contributed by atoms with van der Waals surface area (Å²) in [4.78, 5) is 5.00. The van der Waals surface area contributed by atoms with Crippen LogP contribution >= 0.6 is 0 Å². The van der Waals surface area contributed by atoms with Gasteiger partial charge in [-0.15, -0.1) is 0 Å². The summed E-state index contributed by atoms with van der Waals surface area (Å²) in [6, 6.07) is 13.7. The van der Waals surface area contributed by atoms with E-state index < -0.39 is 0 Å². The molecule has 1 fully saturated rings. The predicted octanol–water partition coefficient (Wildman–Crippen LogP) is 6.72. The Morgan fingerprint density at radius 1 is 1.00 bits per heavy atom. The molecule has 0 radical (unpaired) electrons. The molecular weight excluding hydrogens is 376 g/mol. The lowest BCUT2D eigenvalue weighted by molar-refractivity contribution is -0.748. The third kappa shape index (κ3) is 2.91. The van der Waals surface area contributed by atoms with E-state index in [0.29, 0.717) is 5.92 Å². The van der Waals surface area contributed by atoms with E-state index in [9.17, 15) is 0 Å². The van der Waals surface area contributed by atoms with Crippen molar-refractivity contribution in [3.63, 3.8) is 0 Å². The quantitative estimate of drug-likeness (QED) is 0.439. The Balaban J connectivity index is 1.82. The van der Waals surface area contributed by atoms with Gasteiger partial charge in [0.2, 0.25) is 0 Å². The van der Waals surface area contributed by atoms with Gasteiger partial charge in [-0.25, -0.2) is 4.57 Å². The van der Waals surface area contributed by atoms with Crippen LogP contribution in [0.5, 0.6) is 0 Å². The van der Waals surface area contributed by atoms with E-state index in [1.54, 1.807) is 0 Å². The number of aromatic nitrogens is 2. The fourth-order valence-corrected chi connectivity index (χ4v) is 6.19. The topological polar surface area (TPSA) is 16.8 Å². The fourth-order valence-electron chi connectivity index (χ4n) is 6.19. The Hall–Kier alpha value is -2.74. The molecule has 0 N–H and O–H groups in total. The van der Waals surface area contributed by atoms with Gasteiger partial charge in [-0.05, 0) is 80.8 Å². The highest BCUT2D eigenvalue weighted by molar-refractivity contribution is 5.86. The van der Waals surface area contributed by atoms with Gasteiger partial charge in [0.25, 0.3) is 6.33 Å². The summed E-state index contributed by atoms with van der Waals surface area (Å²) in [5.41, 5.74) is 12.5. The van der Waals surface area contributed by atoms with E-state index >= 15 is 0 Å². The first-order chi connectivity index (χ1) is 14.8. The van der Waals surface area contributed by atoms with Crippen LogP contribution in [0.3, 0.4) is 0 Å². The normalized spacial score (nSPS) is 24.0. The lowest BCUT2D eigenvalue weighted by atomic mass is 9.72. The highest BCUT2D eigenvalue weighted by atomic mass is 15.1. The summed E-state index contributed by atoms with van der Waals surface area (Å²) in [7, 11) is 0. The molecule has 3 atom stereocenters. The van der Waals surface area contributed by atoms with Crippen LogP contribution in [-0.2, 0) is 5.54 Å². The molecule has 2 aliphatic rings. The Morgan fingerprint density at radius 2 is 1.65 bits per heavy atom. The highest BCUT2D eigenvalue weighted by Gasteiger charge is 2.58. The van der Waals surface area contributed by atoms with E-state index in [2.05, 4.69) is 88.8 Å². The number of rotatable bonds is 3. The van der Waals surface area contributed by atoms with E-state index in [1.165, 1.54) is 56.6 Å². The summed E-state index contributed by atoms with van der Waals surface area (Å²) >= 11 is 0. The second kappa shape index (κ2) is 6.88.